The van der Waals surface area contributed by atoms with Gasteiger partial charge in [-0.15, -0.1) is 11.3 Å². The van der Waals surface area contributed by atoms with Crippen molar-refractivity contribution in [2.45, 2.75) is 37.5 Å². The van der Waals surface area contributed by atoms with E-state index in [1.165, 1.54) is 16.0 Å². The highest BCUT2D eigenvalue weighted by atomic mass is 32.1. The minimum Gasteiger partial charge on any atom is -0.493 e. The first-order valence-corrected chi connectivity index (χ1v) is 11.5. The maximum absolute atomic E-state index is 10.7. The summed E-state index contributed by atoms with van der Waals surface area (Å²) in [4.78, 5) is 3.61. The van der Waals surface area contributed by atoms with Gasteiger partial charge in [-0.05, 0) is 54.0 Å². The van der Waals surface area contributed by atoms with Crippen molar-refractivity contribution in [3.8, 4) is 11.5 Å². The van der Waals surface area contributed by atoms with E-state index in [0.29, 0.717) is 19.8 Å². The number of hydrogen-bond acceptors (Lipinski definition) is 7. The molecule has 1 aromatic carbocycles. The predicted octanol–water partition coefficient (Wildman–Crippen LogP) is 3.27. The molecule has 0 spiro atoms. The van der Waals surface area contributed by atoms with Crippen molar-refractivity contribution in [1.82, 2.24) is 4.90 Å². The molecular weight excluding hydrogens is 402 g/mol. The summed E-state index contributed by atoms with van der Waals surface area (Å²) in [6.45, 7) is 3.13. The highest BCUT2D eigenvalue weighted by Gasteiger charge is 2.32. The number of fused-ring (bicyclic) bond motifs is 1. The second kappa shape index (κ2) is 10.1. The average Bonchev–Trinajstić information content (AvgIpc) is 3.47. The Balaban J connectivity index is 1.49. The minimum absolute atomic E-state index is 0.0846. The van der Waals surface area contributed by atoms with Gasteiger partial charge in [0, 0.05) is 24.6 Å². The van der Waals surface area contributed by atoms with E-state index in [-0.39, 0.29) is 12.1 Å². The molecule has 0 unspecified atom stereocenters. The van der Waals surface area contributed by atoms with Gasteiger partial charge in [0.25, 0.3) is 0 Å². The molecule has 1 saturated heterocycles. The molecule has 30 heavy (non-hydrogen) atoms. The fourth-order valence-corrected chi connectivity index (χ4v) is 5.29. The summed E-state index contributed by atoms with van der Waals surface area (Å²) in [5.41, 5.74) is 2.49. The van der Waals surface area contributed by atoms with Crippen LogP contribution in [0.3, 0.4) is 0 Å². The molecule has 0 saturated carbocycles. The average molecular weight is 434 g/mol. The first-order valence-electron chi connectivity index (χ1n) is 10.6. The van der Waals surface area contributed by atoms with E-state index in [2.05, 4.69) is 34.5 Å². The summed E-state index contributed by atoms with van der Waals surface area (Å²) in [5.74, 6) is 1.50. The van der Waals surface area contributed by atoms with Gasteiger partial charge in [-0.1, -0.05) is 6.07 Å². The molecule has 3 atom stereocenters. The Morgan fingerprint density at radius 2 is 2.10 bits per heavy atom. The number of thiophene rings is 1. The van der Waals surface area contributed by atoms with Crippen molar-refractivity contribution in [2.24, 2.45) is 0 Å². The lowest BCUT2D eigenvalue weighted by molar-refractivity contribution is -0.0278. The molecule has 2 aliphatic heterocycles. The molecule has 0 aliphatic carbocycles. The van der Waals surface area contributed by atoms with Crippen LogP contribution in [0.2, 0.25) is 0 Å². The van der Waals surface area contributed by atoms with Gasteiger partial charge in [0.1, 0.15) is 0 Å². The second-order valence-electron chi connectivity index (χ2n) is 7.90. The van der Waals surface area contributed by atoms with E-state index >= 15 is 0 Å². The Labute approximate surface area is 182 Å². The molecule has 1 aromatic heterocycles. The Morgan fingerprint density at radius 3 is 2.80 bits per heavy atom. The number of methoxy groups -OCH3 is 2. The third-order valence-electron chi connectivity index (χ3n) is 5.87. The van der Waals surface area contributed by atoms with E-state index in [9.17, 15) is 5.11 Å². The van der Waals surface area contributed by atoms with Gasteiger partial charge in [-0.2, -0.15) is 0 Å². The van der Waals surface area contributed by atoms with Crippen LogP contribution in [0.4, 0.5) is 0 Å². The molecule has 6 nitrogen and oxygen atoms in total. The van der Waals surface area contributed by atoms with Gasteiger partial charge in [0.15, 0.2) is 11.5 Å². The van der Waals surface area contributed by atoms with Crippen LogP contribution in [-0.2, 0) is 15.9 Å². The van der Waals surface area contributed by atoms with Crippen molar-refractivity contribution in [2.75, 3.05) is 47.1 Å². The number of β-amino-alcohol motifs (C(OH)–C–C–N with tert-alkyl or cyclic N) is 1. The fourth-order valence-electron chi connectivity index (χ4n) is 4.41. The van der Waals surface area contributed by atoms with Gasteiger partial charge in [0.05, 0.1) is 45.7 Å². The van der Waals surface area contributed by atoms with Gasteiger partial charge < -0.3 is 24.1 Å². The summed E-state index contributed by atoms with van der Waals surface area (Å²) in [5, 5.41) is 12.8. The van der Waals surface area contributed by atoms with Crippen LogP contribution in [0.25, 0.3) is 0 Å². The first-order chi connectivity index (χ1) is 14.7. The van der Waals surface area contributed by atoms with Crippen LogP contribution in [-0.4, -0.2) is 69.3 Å². The van der Waals surface area contributed by atoms with Gasteiger partial charge in [-0.3, -0.25) is 4.90 Å². The topological polar surface area (TPSA) is 60.4 Å². The smallest absolute Gasteiger partial charge is 0.161 e. The molecular formula is C23H31NO5S. The summed E-state index contributed by atoms with van der Waals surface area (Å²) < 4.78 is 22.4. The number of hydrogen-bond donors (Lipinski definition) is 1. The molecule has 0 amide bonds. The van der Waals surface area contributed by atoms with Crippen molar-refractivity contribution < 1.29 is 24.1 Å². The lowest BCUT2D eigenvalue weighted by Gasteiger charge is -2.38. The second-order valence-corrected chi connectivity index (χ2v) is 8.87. The van der Waals surface area contributed by atoms with Crippen LogP contribution < -0.4 is 9.47 Å². The summed E-state index contributed by atoms with van der Waals surface area (Å²) in [6, 6.07) is 8.50. The monoisotopic (exact) mass is 433 g/mol. The van der Waals surface area contributed by atoms with E-state index < -0.39 is 6.10 Å². The van der Waals surface area contributed by atoms with Crippen LogP contribution in [0, 0.1) is 0 Å². The lowest BCUT2D eigenvalue weighted by Crippen LogP contribution is -2.42. The quantitative estimate of drug-likeness (QED) is 0.655. The van der Waals surface area contributed by atoms with Gasteiger partial charge in [-0.25, -0.2) is 0 Å². The zero-order valence-corrected chi connectivity index (χ0v) is 18.5. The van der Waals surface area contributed by atoms with Crippen molar-refractivity contribution in [1.29, 1.82) is 0 Å². The third-order valence-corrected chi connectivity index (χ3v) is 6.79. The van der Waals surface area contributed by atoms with Gasteiger partial charge >= 0.3 is 0 Å². The number of rotatable bonds is 9. The standard InChI is InChI=1S/C23H31NO5S/c1-26-20-11-16-7-8-24(13-17(25)14-28-15-18-5-3-9-29-18)23(22-6-4-10-30-22)19(16)12-21(20)27-2/h4,6,10-12,17-18,23,25H,3,5,7-9,13-15H2,1-2H3/t17-,18+,23-/m1/s1. The van der Waals surface area contributed by atoms with Crippen LogP contribution >= 0.6 is 11.3 Å². The van der Waals surface area contributed by atoms with Crippen LogP contribution in [0.1, 0.15) is 34.9 Å². The lowest BCUT2D eigenvalue weighted by atomic mass is 9.90. The Hall–Kier alpha value is -1.64. The van der Waals surface area contributed by atoms with Crippen molar-refractivity contribution in [3.63, 3.8) is 0 Å². The number of nitrogens with zero attached hydrogens (tertiary/aromatic N) is 1. The van der Waals surface area contributed by atoms with Crippen LogP contribution in [0.5, 0.6) is 11.5 Å². The van der Waals surface area contributed by atoms with E-state index in [4.69, 9.17) is 18.9 Å². The maximum atomic E-state index is 10.7. The zero-order valence-electron chi connectivity index (χ0n) is 17.7. The van der Waals surface area contributed by atoms with E-state index in [1.54, 1.807) is 25.6 Å². The fraction of sp³-hybridized carbons (Fsp3) is 0.565. The summed E-state index contributed by atoms with van der Waals surface area (Å²) in [7, 11) is 3.34. The normalized spacial score (nSPS) is 22.6. The SMILES string of the molecule is COc1cc2c(cc1OC)[C@H](c1cccs1)N(C[C@@H](O)COC[C@@H]1CCCO1)CC2. The van der Waals surface area contributed by atoms with Crippen molar-refractivity contribution >= 4 is 11.3 Å². The summed E-state index contributed by atoms with van der Waals surface area (Å²) >= 11 is 1.74. The highest BCUT2D eigenvalue weighted by molar-refractivity contribution is 7.10. The van der Waals surface area contributed by atoms with Crippen LogP contribution in [0.15, 0.2) is 29.6 Å². The molecule has 0 bridgehead atoms. The molecule has 3 heterocycles. The maximum Gasteiger partial charge on any atom is 0.161 e. The number of aliphatic hydroxyl groups excluding tert-OH is 1. The van der Waals surface area contributed by atoms with Crippen molar-refractivity contribution in [3.05, 3.63) is 45.6 Å². The minimum atomic E-state index is -0.546. The molecule has 7 heteroatoms. The Bertz CT molecular complexity index is 806. The summed E-state index contributed by atoms with van der Waals surface area (Å²) in [6.07, 6.45) is 2.68. The highest BCUT2D eigenvalue weighted by Crippen LogP contribution is 2.42. The molecule has 1 fully saturated rings. The molecule has 2 aromatic rings. The molecule has 4 rings (SSSR count). The molecule has 164 valence electrons. The third kappa shape index (κ3) is 4.81. The van der Waals surface area contributed by atoms with E-state index in [1.807, 2.05) is 0 Å². The Kier molecular flexibility index (Phi) is 7.28. The largest absolute Gasteiger partial charge is 0.493 e. The Morgan fingerprint density at radius 1 is 1.27 bits per heavy atom. The molecule has 1 N–H and O–H groups in total. The molecule has 0 radical (unpaired) electrons. The number of benzene rings is 1. The first kappa shape index (κ1) is 21.6. The van der Waals surface area contributed by atoms with Gasteiger partial charge in [0.2, 0.25) is 0 Å². The number of ether oxygens (including phenoxy) is 4. The molecule has 2 aliphatic rings. The predicted molar refractivity (Wildman–Crippen MR) is 117 cm³/mol. The number of aliphatic hydroxyl groups is 1. The van der Waals surface area contributed by atoms with E-state index in [0.717, 1.165) is 43.9 Å². The zero-order chi connectivity index (χ0) is 20.9.